The van der Waals surface area contributed by atoms with Crippen LogP contribution in [-0.2, 0) is 10.9 Å². The quantitative estimate of drug-likeness (QED) is 0.814. The van der Waals surface area contributed by atoms with Gasteiger partial charge in [-0.25, -0.2) is 4.98 Å². The van der Waals surface area contributed by atoms with Gasteiger partial charge in [-0.3, -0.25) is 0 Å². The van der Waals surface area contributed by atoms with Gasteiger partial charge in [-0.2, -0.15) is 13.2 Å². The van der Waals surface area contributed by atoms with Gasteiger partial charge in [0.05, 0.1) is 23.4 Å². The summed E-state index contributed by atoms with van der Waals surface area (Å²) in [5, 5.41) is 20.1. The molecule has 1 aromatic rings. The maximum absolute atomic E-state index is 12.6. The van der Waals surface area contributed by atoms with E-state index in [1.807, 2.05) is 4.90 Å². The number of hydrogen-bond donors (Lipinski definition) is 2. The predicted molar refractivity (Wildman–Crippen MR) is 80.6 cm³/mol. The number of rotatable bonds is 1. The summed E-state index contributed by atoms with van der Waals surface area (Å²) < 4.78 is 43.6. The molecule has 0 aliphatic carbocycles. The van der Waals surface area contributed by atoms with Crippen LogP contribution in [0, 0.1) is 0 Å². The number of hydrogen-bond acceptors (Lipinski definition) is 5. The summed E-state index contributed by atoms with van der Waals surface area (Å²) in [4.78, 5) is 5.83. The van der Waals surface area contributed by atoms with Gasteiger partial charge in [0, 0.05) is 25.7 Å². The monoisotopic (exact) mass is 346 g/mol. The first kappa shape index (κ1) is 17.4. The fourth-order valence-electron chi connectivity index (χ4n) is 3.46. The van der Waals surface area contributed by atoms with Crippen molar-refractivity contribution < 1.29 is 28.1 Å². The Morgan fingerprint density at radius 2 is 1.96 bits per heavy atom. The van der Waals surface area contributed by atoms with Gasteiger partial charge in [0.1, 0.15) is 11.9 Å². The lowest BCUT2D eigenvalue weighted by Crippen LogP contribution is -2.59. The number of pyridine rings is 1. The molecule has 1 aromatic heterocycles. The van der Waals surface area contributed by atoms with Crippen molar-refractivity contribution in [2.75, 3.05) is 24.6 Å². The molecule has 0 saturated carbocycles. The number of anilines is 1. The van der Waals surface area contributed by atoms with E-state index in [2.05, 4.69) is 4.98 Å². The van der Waals surface area contributed by atoms with E-state index in [9.17, 15) is 23.4 Å². The molecule has 8 heteroatoms. The van der Waals surface area contributed by atoms with Crippen molar-refractivity contribution in [3.63, 3.8) is 0 Å². The van der Waals surface area contributed by atoms with E-state index in [0.29, 0.717) is 38.2 Å². The Hall–Kier alpha value is -1.38. The van der Waals surface area contributed by atoms with Crippen LogP contribution in [0.3, 0.4) is 0 Å². The van der Waals surface area contributed by atoms with Crippen LogP contribution in [0.5, 0.6) is 0 Å². The number of nitrogens with zero attached hydrogens (tertiary/aromatic N) is 2. The first-order chi connectivity index (χ1) is 11.1. The molecular formula is C16H21F3N2O3. The largest absolute Gasteiger partial charge is 0.417 e. The number of ether oxygens (including phenoxy) is 1. The van der Waals surface area contributed by atoms with E-state index >= 15 is 0 Å². The molecule has 1 spiro atoms. The molecule has 2 N–H and O–H groups in total. The lowest BCUT2D eigenvalue weighted by atomic mass is 9.76. The highest BCUT2D eigenvalue weighted by atomic mass is 19.4. The third-order valence-electron chi connectivity index (χ3n) is 5.02. The van der Waals surface area contributed by atoms with E-state index in [0.717, 1.165) is 12.3 Å². The molecule has 2 atom stereocenters. The van der Waals surface area contributed by atoms with Crippen LogP contribution in [0.4, 0.5) is 19.0 Å². The molecule has 3 heterocycles. The number of halogens is 3. The van der Waals surface area contributed by atoms with Gasteiger partial charge in [0.25, 0.3) is 0 Å². The average Bonchev–Trinajstić information content (AvgIpc) is 2.51. The highest BCUT2D eigenvalue weighted by Gasteiger charge is 2.48. The van der Waals surface area contributed by atoms with Crippen molar-refractivity contribution >= 4 is 5.82 Å². The summed E-state index contributed by atoms with van der Waals surface area (Å²) in [6.07, 6.45) is -2.86. The standard InChI is InChI=1S/C16H21F3N2O3/c1-14(23)10-15(24-9-12(14)22)4-6-21(7-5-15)13-3-2-11(8-20-13)16(17,18)19/h2-3,8,12,22-23H,4-7,9-10H2,1H3/t12-,14-/m0/s1. The highest BCUT2D eigenvalue weighted by Crippen LogP contribution is 2.40. The lowest BCUT2D eigenvalue weighted by molar-refractivity contribution is -0.216. The molecule has 0 bridgehead atoms. The molecule has 5 nitrogen and oxygen atoms in total. The average molecular weight is 346 g/mol. The Kier molecular flexibility index (Phi) is 4.26. The zero-order chi connectivity index (χ0) is 17.6. The fraction of sp³-hybridized carbons (Fsp3) is 0.688. The normalized spacial score (nSPS) is 30.6. The van der Waals surface area contributed by atoms with Gasteiger partial charge < -0.3 is 19.8 Å². The number of aliphatic hydroxyl groups is 2. The molecule has 2 fully saturated rings. The van der Waals surface area contributed by atoms with E-state index in [-0.39, 0.29) is 6.61 Å². The molecule has 134 valence electrons. The number of alkyl halides is 3. The van der Waals surface area contributed by atoms with Crippen LogP contribution < -0.4 is 4.90 Å². The van der Waals surface area contributed by atoms with E-state index in [1.54, 1.807) is 6.92 Å². The molecule has 0 unspecified atom stereocenters. The number of aliphatic hydroxyl groups excluding tert-OH is 1. The van der Waals surface area contributed by atoms with Gasteiger partial charge >= 0.3 is 6.18 Å². The second kappa shape index (κ2) is 5.86. The SMILES string of the molecule is C[C@]1(O)CC2(CCN(c3ccc(C(F)(F)F)cn3)CC2)OC[C@@H]1O. The van der Waals surface area contributed by atoms with Gasteiger partial charge in [-0.05, 0) is 31.9 Å². The fourth-order valence-corrected chi connectivity index (χ4v) is 3.46. The Bertz CT molecular complexity index is 581. The van der Waals surface area contributed by atoms with E-state index in [1.165, 1.54) is 6.07 Å². The van der Waals surface area contributed by atoms with Crippen LogP contribution in [0.15, 0.2) is 18.3 Å². The Labute approximate surface area is 138 Å². The molecule has 3 rings (SSSR count). The molecule has 0 radical (unpaired) electrons. The Balaban J connectivity index is 1.65. The van der Waals surface area contributed by atoms with E-state index < -0.39 is 29.0 Å². The van der Waals surface area contributed by atoms with Crippen molar-refractivity contribution in [1.82, 2.24) is 4.98 Å². The highest BCUT2D eigenvalue weighted by molar-refractivity contribution is 5.40. The van der Waals surface area contributed by atoms with Gasteiger partial charge in [0.2, 0.25) is 0 Å². The first-order valence-corrected chi connectivity index (χ1v) is 7.94. The molecule has 2 saturated heterocycles. The Morgan fingerprint density at radius 3 is 2.46 bits per heavy atom. The van der Waals surface area contributed by atoms with Gasteiger partial charge in [-0.1, -0.05) is 0 Å². The minimum Gasteiger partial charge on any atom is -0.388 e. The summed E-state index contributed by atoms with van der Waals surface area (Å²) in [6, 6.07) is 2.41. The Morgan fingerprint density at radius 1 is 1.29 bits per heavy atom. The molecule has 0 amide bonds. The van der Waals surface area contributed by atoms with Crippen LogP contribution in [0.1, 0.15) is 31.7 Å². The third kappa shape index (κ3) is 3.36. The maximum Gasteiger partial charge on any atom is 0.417 e. The summed E-state index contributed by atoms with van der Waals surface area (Å²) in [5.74, 6) is 0.500. The van der Waals surface area contributed by atoms with Crippen molar-refractivity contribution in [2.45, 2.75) is 49.7 Å². The first-order valence-electron chi connectivity index (χ1n) is 7.94. The summed E-state index contributed by atoms with van der Waals surface area (Å²) >= 11 is 0. The maximum atomic E-state index is 12.6. The van der Waals surface area contributed by atoms with Crippen LogP contribution in [0.2, 0.25) is 0 Å². The van der Waals surface area contributed by atoms with Crippen molar-refractivity contribution in [3.05, 3.63) is 23.9 Å². The van der Waals surface area contributed by atoms with Crippen LogP contribution in [0.25, 0.3) is 0 Å². The summed E-state index contributed by atoms with van der Waals surface area (Å²) in [6.45, 7) is 2.84. The predicted octanol–water partition coefficient (Wildman–Crippen LogP) is 1.97. The number of aromatic nitrogens is 1. The topological polar surface area (TPSA) is 65.8 Å². The second-order valence-corrected chi connectivity index (χ2v) is 6.93. The van der Waals surface area contributed by atoms with E-state index in [4.69, 9.17) is 4.74 Å². The lowest BCUT2D eigenvalue weighted by Gasteiger charge is -2.50. The zero-order valence-corrected chi connectivity index (χ0v) is 13.4. The molecule has 24 heavy (non-hydrogen) atoms. The minimum atomic E-state index is -4.39. The summed E-state index contributed by atoms with van der Waals surface area (Å²) in [5.41, 5.74) is -2.45. The van der Waals surface area contributed by atoms with Gasteiger partial charge in [0.15, 0.2) is 0 Å². The third-order valence-corrected chi connectivity index (χ3v) is 5.02. The molecular weight excluding hydrogens is 325 g/mol. The zero-order valence-electron chi connectivity index (χ0n) is 13.4. The number of piperidine rings is 1. The minimum absolute atomic E-state index is 0.0888. The van der Waals surface area contributed by atoms with Crippen molar-refractivity contribution in [2.24, 2.45) is 0 Å². The summed E-state index contributed by atoms with van der Waals surface area (Å²) in [7, 11) is 0. The van der Waals surface area contributed by atoms with Crippen LogP contribution in [-0.4, -0.2) is 52.2 Å². The van der Waals surface area contributed by atoms with Crippen molar-refractivity contribution in [3.8, 4) is 0 Å². The molecule has 0 aromatic carbocycles. The van der Waals surface area contributed by atoms with Crippen molar-refractivity contribution in [1.29, 1.82) is 0 Å². The smallest absolute Gasteiger partial charge is 0.388 e. The van der Waals surface area contributed by atoms with Crippen LogP contribution >= 0.6 is 0 Å². The molecule has 2 aliphatic rings. The molecule has 2 aliphatic heterocycles. The second-order valence-electron chi connectivity index (χ2n) is 6.93. The van der Waals surface area contributed by atoms with Gasteiger partial charge in [-0.15, -0.1) is 0 Å².